The molecule has 0 spiro atoms. The first-order chi connectivity index (χ1) is 14.1. The highest BCUT2D eigenvalue weighted by atomic mass is 35.5. The first kappa shape index (κ1) is 21.6. The Morgan fingerprint density at radius 2 is 2.03 bits per heavy atom. The molecular weight excluding hydrogens is 413 g/mol. The quantitative estimate of drug-likeness (QED) is 0.260. The van der Waals surface area contributed by atoms with Crippen LogP contribution in [0.2, 0.25) is 5.02 Å². The van der Waals surface area contributed by atoms with Crippen LogP contribution in [0.3, 0.4) is 0 Å². The molecular formula is C21H23ClFN3O2S. The zero-order chi connectivity index (χ0) is 20.6. The lowest BCUT2D eigenvalue weighted by Gasteiger charge is -2.34. The van der Waals surface area contributed by atoms with E-state index in [0.29, 0.717) is 22.4 Å². The Morgan fingerprint density at radius 1 is 1.28 bits per heavy atom. The molecule has 8 heteroatoms. The van der Waals surface area contributed by atoms with E-state index in [1.165, 1.54) is 24.1 Å². The molecule has 3 N–H and O–H groups in total. The molecule has 1 amide bonds. The Kier molecular flexibility index (Phi) is 7.94. The van der Waals surface area contributed by atoms with Crippen LogP contribution in [0, 0.1) is 5.82 Å². The van der Waals surface area contributed by atoms with Gasteiger partial charge < -0.3 is 4.90 Å². The number of benzene rings is 2. The van der Waals surface area contributed by atoms with Gasteiger partial charge in [0.25, 0.3) is 5.91 Å². The number of halogens is 2. The second-order valence-electron chi connectivity index (χ2n) is 6.77. The molecule has 0 atom stereocenters. The van der Waals surface area contributed by atoms with Crippen LogP contribution in [0.5, 0.6) is 0 Å². The summed E-state index contributed by atoms with van der Waals surface area (Å²) < 4.78 is 17.3. The Morgan fingerprint density at radius 3 is 2.76 bits per heavy atom. The lowest BCUT2D eigenvalue weighted by molar-refractivity contribution is -0.124. The second-order valence-corrected chi connectivity index (χ2v) is 8.02. The third-order valence-corrected chi connectivity index (χ3v) is 5.98. The van der Waals surface area contributed by atoms with Crippen molar-refractivity contribution in [3.05, 3.63) is 70.5 Å². The summed E-state index contributed by atoms with van der Waals surface area (Å²) in [6.07, 6.45) is 4.93. The number of amides is 1. The molecule has 2 aromatic rings. The molecule has 0 saturated carbocycles. The van der Waals surface area contributed by atoms with Gasteiger partial charge in [0.05, 0.1) is 0 Å². The number of anilines is 1. The van der Waals surface area contributed by atoms with Gasteiger partial charge in [-0.05, 0) is 48.2 Å². The molecule has 1 fully saturated rings. The maximum Gasteiger partial charge on any atom is 0.267 e. The lowest BCUT2D eigenvalue weighted by atomic mass is 10.0. The van der Waals surface area contributed by atoms with E-state index >= 15 is 0 Å². The Hall–Kier alpha value is -2.06. The molecule has 1 heterocycles. The summed E-state index contributed by atoms with van der Waals surface area (Å²) in [5.74, 6) is -0.290. The van der Waals surface area contributed by atoms with Crippen molar-refractivity contribution < 1.29 is 14.4 Å². The Labute approximate surface area is 179 Å². The number of piperidine rings is 1. The topological polar surface area (TPSA) is 64.6 Å². The van der Waals surface area contributed by atoms with E-state index < -0.39 is 5.91 Å². The summed E-state index contributed by atoms with van der Waals surface area (Å²) in [5.41, 5.74) is 4.22. The van der Waals surface area contributed by atoms with Crippen LogP contribution in [0.25, 0.3) is 6.08 Å². The molecule has 2 aromatic carbocycles. The van der Waals surface area contributed by atoms with Crippen molar-refractivity contribution in [2.75, 3.05) is 18.0 Å². The molecule has 0 unspecified atom stereocenters. The van der Waals surface area contributed by atoms with Gasteiger partial charge in [-0.3, -0.25) is 14.7 Å². The molecule has 1 saturated heterocycles. The molecule has 0 bridgehead atoms. The number of nitrogens with one attached hydrogen (secondary N) is 2. The first-order valence-electron chi connectivity index (χ1n) is 9.34. The third-order valence-electron chi connectivity index (χ3n) is 4.79. The van der Waals surface area contributed by atoms with Crippen LogP contribution >= 0.6 is 23.5 Å². The number of nitrogens with zero attached hydrogens (tertiary/aromatic N) is 1. The fourth-order valence-corrected chi connectivity index (χ4v) is 4.34. The van der Waals surface area contributed by atoms with E-state index in [2.05, 4.69) is 9.62 Å². The second kappa shape index (κ2) is 10.6. The highest BCUT2D eigenvalue weighted by molar-refractivity contribution is 7.96. The normalized spacial score (nSPS) is 15.1. The van der Waals surface area contributed by atoms with Gasteiger partial charge in [-0.15, -0.1) is 0 Å². The number of hydrogen-bond donors (Lipinski definition) is 3. The van der Waals surface area contributed by atoms with Crippen molar-refractivity contribution in [2.24, 2.45) is 0 Å². The van der Waals surface area contributed by atoms with E-state index in [9.17, 15) is 9.18 Å². The molecule has 5 nitrogen and oxygen atoms in total. The lowest BCUT2D eigenvalue weighted by Crippen LogP contribution is -2.40. The van der Waals surface area contributed by atoms with Crippen LogP contribution in [-0.2, 0) is 10.5 Å². The maximum absolute atomic E-state index is 13.9. The van der Waals surface area contributed by atoms with Crippen molar-refractivity contribution in [2.45, 2.75) is 24.6 Å². The zero-order valence-electron chi connectivity index (χ0n) is 15.8. The minimum atomic E-state index is -0.558. The molecule has 3 rings (SSSR count). The average Bonchev–Trinajstić information content (AvgIpc) is 2.74. The van der Waals surface area contributed by atoms with E-state index in [1.807, 2.05) is 24.3 Å². The van der Waals surface area contributed by atoms with E-state index in [1.54, 1.807) is 23.7 Å². The van der Waals surface area contributed by atoms with Crippen molar-refractivity contribution >= 4 is 41.2 Å². The number of carbonyl (C=O) groups excluding carboxylic acids is 1. The van der Waals surface area contributed by atoms with Gasteiger partial charge in [0.15, 0.2) is 0 Å². The molecule has 0 radical (unpaired) electrons. The van der Waals surface area contributed by atoms with Crippen molar-refractivity contribution in [3.63, 3.8) is 0 Å². The average molecular weight is 436 g/mol. The molecule has 1 aliphatic rings. The summed E-state index contributed by atoms with van der Waals surface area (Å²) in [5, 5.41) is 9.04. The monoisotopic (exact) mass is 435 g/mol. The zero-order valence-corrected chi connectivity index (χ0v) is 17.3. The van der Waals surface area contributed by atoms with Gasteiger partial charge in [0.2, 0.25) is 0 Å². The minimum absolute atomic E-state index is 0.277. The van der Waals surface area contributed by atoms with Crippen molar-refractivity contribution in [1.82, 2.24) is 10.2 Å². The third kappa shape index (κ3) is 6.21. The smallest absolute Gasteiger partial charge is 0.267 e. The largest absolute Gasteiger partial charge is 0.371 e. The van der Waals surface area contributed by atoms with Crippen molar-refractivity contribution in [3.8, 4) is 0 Å². The Bertz CT molecular complexity index is 873. The highest BCUT2D eigenvalue weighted by Gasteiger charge is 2.20. The fraction of sp³-hybridized carbons (Fsp3) is 0.286. The minimum Gasteiger partial charge on any atom is -0.371 e. The van der Waals surface area contributed by atoms with Gasteiger partial charge in [-0.1, -0.05) is 47.8 Å². The van der Waals surface area contributed by atoms with Crippen LogP contribution in [-0.4, -0.2) is 30.2 Å². The van der Waals surface area contributed by atoms with E-state index in [-0.39, 0.29) is 5.82 Å². The predicted octanol–water partition coefficient (Wildman–Crippen LogP) is 4.40. The number of hydrogen-bond acceptors (Lipinski definition) is 5. The van der Waals surface area contributed by atoms with Crippen LogP contribution < -0.4 is 15.1 Å². The summed E-state index contributed by atoms with van der Waals surface area (Å²) in [7, 11) is 0. The number of hydroxylamine groups is 1. The number of rotatable bonds is 7. The first-order valence-corrected chi connectivity index (χ1v) is 10.7. The molecule has 154 valence electrons. The standard InChI is InChI=1S/C21H23ClFN3O2S/c22-17-7-5-16(19(23)13-17)14-29-25-18-9-11-26(12-10-18)20-4-2-1-3-15(20)6-8-21(27)24-28/h1-8,13,18,25,28H,9-12,14H2,(H,24,27)/b8-6+. The van der Waals surface area contributed by atoms with Gasteiger partial charge >= 0.3 is 0 Å². The van der Waals surface area contributed by atoms with Crippen molar-refractivity contribution in [1.29, 1.82) is 0 Å². The van der Waals surface area contributed by atoms with E-state index in [0.717, 1.165) is 37.2 Å². The highest BCUT2D eigenvalue weighted by Crippen LogP contribution is 2.26. The fourth-order valence-electron chi connectivity index (χ4n) is 3.23. The summed E-state index contributed by atoms with van der Waals surface area (Å²) in [6, 6.07) is 13.0. The SMILES string of the molecule is O=C(/C=C/c1ccccc1N1CCC(NSCc2ccc(Cl)cc2F)CC1)NO. The van der Waals surface area contributed by atoms with E-state index in [4.69, 9.17) is 16.8 Å². The predicted molar refractivity (Wildman–Crippen MR) is 116 cm³/mol. The molecule has 0 aliphatic carbocycles. The van der Waals surface area contributed by atoms with Gasteiger partial charge in [0, 0.05) is 41.7 Å². The van der Waals surface area contributed by atoms with Gasteiger partial charge in [0.1, 0.15) is 5.82 Å². The summed E-state index contributed by atoms with van der Waals surface area (Å²) in [4.78, 5) is 13.5. The summed E-state index contributed by atoms with van der Waals surface area (Å²) >= 11 is 7.30. The summed E-state index contributed by atoms with van der Waals surface area (Å²) in [6.45, 7) is 1.76. The van der Waals surface area contributed by atoms with Crippen LogP contribution in [0.4, 0.5) is 10.1 Å². The van der Waals surface area contributed by atoms with Crippen LogP contribution in [0.15, 0.2) is 48.5 Å². The Balaban J connectivity index is 1.50. The van der Waals surface area contributed by atoms with Gasteiger partial charge in [-0.2, -0.15) is 0 Å². The van der Waals surface area contributed by atoms with Gasteiger partial charge in [-0.25, -0.2) is 9.87 Å². The molecule has 29 heavy (non-hydrogen) atoms. The molecule has 1 aliphatic heterocycles. The van der Waals surface area contributed by atoms with Crippen LogP contribution in [0.1, 0.15) is 24.0 Å². The number of para-hydroxylation sites is 1. The molecule has 0 aromatic heterocycles. The maximum atomic E-state index is 13.9. The number of carbonyl (C=O) groups is 1.